The van der Waals surface area contributed by atoms with Gasteiger partial charge in [0.2, 0.25) is 5.91 Å². The third-order valence-electron chi connectivity index (χ3n) is 7.43. The van der Waals surface area contributed by atoms with E-state index in [1.807, 2.05) is 60.1 Å². The highest BCUT2D eigenvalue weighted by molar-refractivity contribution is 6.01. The van der Waals surface area contributed by atoms with E-state index in [0.29, 0.717) is 35.9 Å². The summed E-state index contributed by atoms with van der Waals surface area (Å²) >= 11 is 0. The predicted octanol–water partition coefficient (Wildman–Crippen LogP) is 3.40. The molecule has 11 nitrogen and oxygen atoms in total. The third-order valence-corrected chi connectivity index (χ3v) is 7.43. The van der Waals surface area contributed by atoms with Crippen molar-refractivity contribution in [3.8, 4) is 5.75 Å². The van der Waals surface area contributed by atoms with Gasteiger partial charge < -0.3 is 19.4 Å². The van der Waals surface area contributed by atoms with Gasteiger partial charge in [-0.05, 0) is 61.4 Å². The molecule has 0 spiro atoms. The van der Waals surface area contributed by atoms with Crippen molar-refractivity contribution >= 4 is 39.6 Å². The van der Waals surface area contributed by atoms with E-state index in [4.69, 9.17) is 14.5 Å². The highest BCUT2D eigenvalue weighted by Crippen LogP contribution is 2.31. The van der Waals surface area contributed by atoms with Crippen molar-refractivity contribution in [2.75, 3.05) is 25.2 Å². The molecule has 0 bridgehead atoms. The maximum atomic E-state index is 14.3. The number of anilines is 1. The number of rotatable bonds is 9. The average molecular weight is 554 g/mol. The van der Waals surface area contributed by atoms with E-state index in [1.165, 1.54) is 4.90 Å². The van der Waals surface area contributed by atoms with Crippen molar-refractivity contribution in [3.05, 3.63) is 78.6 Å². The molecule has 0 unspecified atom stereocenters. The molecule has 0 radical (unpaired) electrons. The first-order chi connectivity index (χ1) is 20.0. The Morgan fingerprint density at radius 1 is 1.05 bits per heavy atom. The van der Waals surface area contributed by atoms with Gasteiger partial charge in [0.15, 0.2) is 6.04 Å². The molecule has 2 amide bonds. The second-order valence-corrected chi connectivity index (χ2v) is 10.00. The van der Waals surface area contributed by atoms with Crippen molar-refractivity contribution in [3.63, 3.8) is 0 Å². The normalized spacial score (nSPS) is 15.7. The second-order valence-electron chi connectivity index (χ2n) is 10.00. The lowest BCUT2D eigenvalue weighted by Crippen LogP contribution is -2.47. The summed E-state index contributed by atoms with van der Waals surface area (Å²) in [5, 5.41) is 11.5. The van der Waals surface area contributed by atoms with Crippen LogP contribution in [0.25, 0.3) is 22.1 Å². The Kier molecular flexibility index (Phi) is 7.34. The lowest BCUT2D eigenvalue weighted by molar-refractivity contribution is -0.127. The first kappa shape index (κ1) is 26.5. The van der Waals surface area contributed by atoms with Gasteiger partial charge >= 0.3 is 0 Å². The molecule has 2 atom stereocenters. The van der Waals surface area contributed by atoms with Gasteiger partial charge in [-0.15, -0.1) is 5.10 Å². The zero-order valence-corrected chi connectivity index (χ0v) is 22.9. The van der Waals surface area contributed by atoms with E-state index in [1.54, 1.807) is 36.1 Å². The van der Waals surface area contributed by atoms with Crippen LogP contribution in [-0.2, 0) is 27.9 Å². The summed E-state index contributed by atoms with van der Waals surface area (Å²) in [4.78, 5) is 34.7. The van der Waals surface area contributed by atoms with Crippen LogP contribution >= 0.6 is 0 Å². The fraction of sp³-hybridized carbons (Fsp3) is 0.300. The molecule has 3 heterocycles. The van der Waals surface area contributed by atoms with Crippen LogP contribution in [0.2, 0.25) is 0 Å². The van der Waals surface area contributed by atoms with Gasteiger partial charge in [-0.2, -0.15) is 0 Å². The maximum absolute atomic E-state index is 14.3. The minimum absolute atomic E-state index is 0.0632. The van der Waals surface area contributed by atoms with E-state index >= 15 is 0 Å². The molecule has 1 fully saturated rings. The molecular weight excluding hydrogens is 522 g/mol. The molecule has 3 aromatic carbocycles. The highest BCUT2D eigenvalue weighted by Gasteiger charge is 2.37. The highest BCUT2D eigenvalue weighted by atomic mass is 16.5. The van der Waals surface area contributed by atoms with Gasteiger partial charge in [-0.1, -0.05) is 29.5 Å². The zero-order chi connectivity index (χ0) is 28.3. The van der Waals surface area contributed by atoms with Crippen LogP contribution < -0.4 is 15.0 Å². The molecule has 0 saturated carbocycles. The predicted molar refractivity (Wildman–Crippen MR) is 153 cm³/mol. The molecule has 5 aromatic rings. The van der Waals surface area contributed by atoms with Crippen LogP contribution in [0.1, 0.15) is 24.7 Å². The summed E-state index contributed by atoms with van der Waals surface area (Å²) in [5.41, 5.74) is 3.50. The molecule has 11 heteroatoms. The Balaban J connectivity index is 1.44. The van der Waals surface area contributed by atoms with Gasteiger partial charge in [-0.3, -0.25) is 14.5 Å². The number of nitrogens with zero attached hydrogens (tertiary/aromatic N) is 6. The lowest BCUT2D eigenvalue weighted by atomic mass is 10.1. The maximum Gasteiger partial charge on any atom is 0.251 e. The number of ether oxygens (including phenoxy) is 2. The number of benzene rings is 3. The smallest absolute Gasteiger partial charge is 0.251 e. The van der Waals surface area contributed by atoms with Crippen molar-refractivity contribution in [1.29, 1.82) is 0 Å². The number of hydrogen-bond donors (Lipinski definition) is 1. The summed E-state index contributed by atoms with van der Waals surface area (Å²) < 4.78 is 14.5. The van der Waals surface area contributed by atoms with Crippen molar-refractivity contribution in [2.45, 2.75) is 31.5 Å². The fourth-order valence-corrected chi connectivity index (χ4v) is 5.29. The number of methoxy groups -OCH3 is 1. The minimum atomic E-state index is -1.08. The van der Waals surface area contributed by atoms with Crippen LogP contribution in [0.5, 0.6) is 5.75 Å². The molecule has 2 aromatic heterocycles. The molecule has 1 saturated heterocycles. The number of carbonyl (C=O) groups is 2. The lowest BCUT2D eigenvalue weighted by Gasteiger charge is -2.31. The zero-order valence-electron chi connectivity index (χ0n) is 22.9. The number of aryl methyl sites for hydroxylation is 1. The quantitative estimate of drug-likeness (QED) is 0.297. The fourth-order valence-electron chi connectivity index (χ4n) is 5.29. The monoisotopic (exact) mass is 553 g/mol. The van der Waals surface area contributed by atoms with E-state index in [2.05, 4.69) is 15.6 Å². The van der Waals surface area contributed by atoms with E-state index < -0.39 is 6.04 Å². The molecule has 1 aliphatic heterocycles. The number of nitrogens with one attached hydrogen (secondary N) is 1. The van der Waals surface area contributed by atoms with Crippen LogP contribution in [-0.4, -0.2) is 62.7 Å². The van der Waals surface area contributed by atoms with Crippen molar-refractivity contribution < 1.29 is 19.1 Å². The molecule has 0 aliphatic carbocycles. The van der Waals surface area contributed by atoms with Gasteiger partial charge in [0.25, 0.3) is 5.91 Å². The Morgan fingerprint density at radius 2 is 1.78 bits per heavy atom. The molecule has 1 N–H and O–H groups in total. The second kappa shape index (κ2) is 11.4. The molecule has 6 rings (SSSR count). The van der Waals surface area contributed by atoms with Gasteiger partial charge in [0.05, 0.1) is 29.8 Å². The Labute approximate surface area is 236 Å². The Morgan fingerprint density at radius 3 is 2.49 bits per heavy atom. The van der Waals surface area contributed by atoms with Gasteiger partial charge in [0.1, 0.15) is 23.6 Å². The first-order valence-electron chi connectivity index (χ1n) is 13.6. The summed E-state index contributed by atoms with van der Waals surface area (Å²) in [6.45, 7) is 0.890. The van der Waals surface area contributed by atoms with Crippen LogP contribution in [0.4, 0.5) is 5.69 Å². The SMILES string of the molecule is COc1ccc(N(C(=O)Cn2nnc3ccccc32)[C@H](C(=O)NC[C@@H]2CCCO2)c2nc3ccccc3n2C)cc1. The minimum Gasteiger partial charge on any atom is -0.497 e. The average Bonchev–Trinajstić information content (AvgIpc) is 3.75. The molecule has 41 heavy (non-hydrogen) atoms. The van der Waals surface area contributed by atoms with Crippen molar-refractivity contribution in [1.82, 2.24) is 29.9 Å². The number of amides is 2. The summed E-state index contributed by atoms with van der Waals surface area (Å²) in [5.74, 6) is 0.357. The van der Waals surface area contributed by atoms with Gasteiger partial charge in [0, 0.05) is 25.9 Å². The number of fused-ring (bicyclic) bond motifs is 2. The van der Waals surface area contributed by atoms with Crippen molar-refractivity contribution in [2.24, 2.45) is 7.05 Å². The number of hydrogen-bond acceptors (Lipinski definition) is 7. The number of para-hydroxylation sites is 3. The summed E-state index contributed by atoms with van der Waals surface area (Å²) in [7, 11) is 3.43. The Hall–Kier alpha value is -4.77. The van der Waals surface area contributed by atoms with E-state index in [9.17, 15) is 9.59 Å². The number of carbonyl (C=O) groups excluding carboxylic acids is 2. The summed E-state index contributed by atoms with van der Waals surface area (Å²) in [6, 6.07) is 21.0. The van der Waals surface area contributed by atoms with Crippen LogP contribution in [0.15, 0.2) is 72.8 Å². The molecule has 1 aliphatic rings. The van der Waals surface area contributed by atoms with Gasteiger partial charge in [-0.25, -0.2) is 9.67 Å². The third kappa shape index (κ3) is 5.23. The summed E-state index contributed by atoms with van der Waals surface area (Å²) in [6.07, 6.45) is 1.76. The largest absolute Gasteiger partial charge is 0.497 e. The van der Waals surface area contributed by atoms with Crippen LogP contribution in [0, 0.1) is 0 Å². The Bertz CT molecular complexity index is 1690. The number of imidazole rings is 1. The molecule has 210 valence electrons. The number of aromatic nitrogens is 5. The topological polar surface area (TPSA) is 116 Å². The van der Waals surface area contributed by atoms with Crippen LogP contribution in [0.3, 0.4) is 0 Å². The van der Waals surface area contributed by atoms with E-state index in [-0.39, 0.29) is 24.5 Å². The first-order valence-corrected chi connectivity index (χ1v) is 13.6. The molecular formula is C30H31N7O4. The van der Waals surface area contributed by atoms with E-state index in [0.717, 1.165) is 29.4 Å². The standard InChI is InChI=1S/C30H31N7O4/c1-35-25-11-5-3-9-23(25)32-29(35)28(30(39)31-18-22-8-7-17-41-22)37(20-13-15-21(40-2)16-14-20)27(38)19-36-26-12-6-4-10-24(26)33-34-36/h3-6,9-16,22,28H,7-8,17-19H2,1-2H3,(H,31,39)/t22-,28-/m0/s1.